The van der Waals surface area contributed by atoms with Crippen LogP contribution in [0, 0.1) is 0 Å². The summed E-state index contributed by atoms with van der Waals surface area (Å²) in [4.78, 5) is 8.84. The Morgan fingerprint density at radius 3 is 1.95 bits per heavy atom. The van der Waals surface area contributed by atoms with E-state index in [1.165, 1.54) is 0 Å². The van der Waals surface area contributed by atoms with Crippen molar-refractivity contribution in [3.05, 3.63) is 71.8 Å². The van der Waals surface area contributed by atoms with Gasteiger partial charge in [0.2, 0.25) is 11.8 Å². The van der Waals surface area contributed by atoms with Crippen molar-refractivity contribution < 1.29 is 33.2 Å². The van der Waals surface area contributed by atoms with Crippen LogP contribution in [0.5, 0.6) is 17.8 Å². The Bertz CT molecular complexity index is 1240. The van der Waals surface area contributed by atoms with Gasteiger partial charge in [-0.25, -0.2) is 0 Å². The first kappa shape index (κ1) is 27.1. The number of nitrogens with zero attached hydrogens (tertiary/aromatic N) is 2. The molecule has 0 spiro atoms. The highest BCUT2D eigenvalue weighted by Crippen LogP contribution is 2.37. The van der Waals surface area contributed by atoms with Gasteiger partial charge < -0.3 is 38.9 Å². The highest BCUT2D eigenvalue weighted by atomic mass is 16.8. The molecule has 3 aromatic rings. The monoisotopic (exact) mass is 537 g/mol. The zero-order chi connectivity index (χ0) is 27.5. The summed E-state index contributed by atoms with van der Waals surface area (Å²) in [6, 6.07) is 19.5. The maximum Gasteiger partial charge on any atom is 0.323 e. The van der Waals surface area contributed by atoms with Crippen molar-refractivity contribution in [2.45, 2.75) is 70.8 Å². The van der Waals surface area contributed by atoms with E-state index in [1.54, 1.807) is 0 Å². The predicted molar refractivity (Wildman–Crippen MR) is 142 cm³/mol. The number of nitrogen functional groups attached to an aromatic ring is 1. The molecule has 2 saturated heterocycles. The molecular weight excluding hydrogens is 502 g/mol. The van der Waals surface area contributed by atoms with Gasteiger partial charge in [-0.15, -0.1) is 0 Å². The molecule has 0 saturated carbocycles. The molecule has 10 nitrogen and oxygen atoms in total. The molecule has 2 aliphatic heterocycles. The third-order valence-electron chi connectivity index (χ3n) is 6.29. The second kappa shape index (κ2) is 11.4. The van der Waals surface area contributed by atoms with Gasteiger partial charge in [0, 0.05) is 0 Å². The first-order chi connectivity index (χ1) is 18.7. The molecule has 208 valence electrons. The minimum Gasteiger partial charge on any atom is -0.473 e. The largest absolute Gasteiger partial charge is 0.473 e. The van der Waals surface area contributed by atoms with E-state index >= 15 is 0 Å². The Morgan fingerprint density at radius 2 is 1.36 bits per heavy atom. The van der Waals surface area contributed by atoms with E-state index in [1.807, 2.05) is 88.4 Å². The van der Waals surface area contributed by atoms with Crippen molar-refractivity contribution >= 4 is 5.69 Å². The summed E-state index contributed by atoms with van der Waals surface area (Å²) in [5, 5.41) is 0. The molecule has 2 aromatic carbocycles. The molecule has 10 heteroatoms. The molecule has 0 radical (unpaired) electrons. The highest BCUT2D eigenvalue weighted by molar-refractivity contribution is 5.57. The van der Waals surface area contributed by atoms with Gasteiger partial charge in [-0.3, -0.25) is 0 Å². The molecule has 3 atom stereocenters. The number of anilines is 1. The number of aromatic nitrogens is 2. The number of rotatable bonds is 10. The molecule has 2 fully saturated rings. The van der Waals surface area contributed by atoms with E-state index in [0.717, 1.165) is 11.1 Å². The summed E-state index contributed by atoms with van der Waals surface area (Å²) in [6.07, 6.45) is -1.18. The highest BCUT2D eigenvalue weighted by Gasteiger charge is 2.50. The van der Waals surface area contributed by atoms with E-state index in [4.69, 9.17) is 38.9 Å². The predicted octanol–water partition coefficient (Wildman–Crippen LogP) is 4.27. The fraction of sp³-hybridized carbons (Fsp3) is 0.448. The topological polar surface area (TPSA) is 116 Å². The van der Waals surface area contributed by atoms with Gasteiger partial charge in [-0.2, -0.15) is 9.97 Å². The van der Waals surface area contributed by atoms with Crippen molar-refractivity contribution in [3.63, 3.8) is 0 Å². The first-order valence-electron chi connectivity index (χ1n) is 13.0. The number of hydrogen-bond acceptors (Lipinski definition) is 10. The Kier molecular flexibility index (Phi) is 7.90. The fourth-order valence-electron chi connectivity index (χ4n) is 4.49. The fourth-order valence-corrected chi connectivity index (χ4v) is 4.49. The van der Waals surface area contributed by atoms with Crippen molar-refractivity contribution in [2.75, 3.05) is 18.9 Å². The van der Waals surface area contributed by atoms with E-state index in [0.29, 0.717) is 6.61 Å². The van der Waals surface area contributed by atoms with Gasteiger partial charge in [-0.05, 0) is 38.8 Å². The van der Waals surface area contributed by atoms with Crippen LogP contribution in [0.4, 0.5) is 5.69 Å². The molecule has 0 amide bonds. The Hall–Kier alpha value is -3.44. The van der Waals surface area contributed by atoms with Gasteiger partial charge in [0.15, 0.2) is 17.3 Å². The van der Waals surface area contributed by atoms with E-state index in [9.17, 15) is 0 Å². The Labute approximate surface area is 228 Å². The lowest BCUT2D eigenvalue weighted by Crippen LogP contribution is -2.41. The normalized spacial score (nSPS) is 23.4. The third kappa shape index (κ3) is 6.96. The van der Waals surface area contributed by atoms with Crippen LogP contribution in [-0.4, -0.2) is 53.1 Å². The standard InChI is InChI=1S/C29H35N3O7/c1-28(2)36-18-22(37-28)24-21(38-29(3,4)39-24)17-34-26-23(30)25(33-15-19-11-7-5-8-12-19)31-27(32-26)35-16-20-13-9-6-10-14-20/h5-14,21-22,24H,15-18,30H2,1-4H3/t21-,22+,24-/m0/s1. The summed E-state index contributed by atoms with van der Waals surface area (Å²) in [6.45, 7) is 8.47. The summed E-state index contributed by atoms with van der Waals surface area (Å²) in [5.74, 6) is -1.21. The molecular formula is C29H35N3O7. The van der Waals surface area contributed by atoms with Crippen molar-refractivity contribution in [3.8, 4) is 17.8 Å². The lowest BCUT2D eigenvalue weighted by Gasteiger charge is -2.24. The Balaban J connectivity index is 1.33. The lowest BCUT2D eigenvalue weighted by molar-refractivity contribution is -0.174. The van der Waals surface area contributed by atoms with Crippen LogP contribution in [0.15, 0.2) is 60.7 Å². The molecule has 0 unspecified atom stereocenters. The molecule has 39 heavy (non-hydrogen) atoms. The number of ether oxygens (including phenoxy) is 7. The minimum absolute atomic E-state index is 0.0841. The molecule has 2 N–H and O–H groups in total. The molecule has 5 rings (SSSR count). The van der Waals surface area contributed by atoms with Crippen LogP contribution >= 0.6 is 0 Å². The van der Waals surface area contributed by atoms with Crippen molar-refractivity contribution in [2.24, 2.45) is 0 Å². The van der Waals surface area contributed by atoms with Crippen molar-refractivity contribution in [1.29, 1.82) is 0 Å². The van der Waals surface area contributed by atoms with Crippen LogP contribution in [0.3, 0.4) is 0 Å². The van der Waals surface area contributed by atoms with Gasteiger partial charge in [-0.1, -0.05) is 60.7 Å². The van der Waals surface area contributed by atoms with Gasteiger partial charge in [0.1, 0.15) is 38.1 Å². The van der Waals surface area contributed by atoms with Crippen LogP contribution in [0.25, 0.3) is 0 Å². The molecule has 3 heterocycles. The Morgan fingerprint density at radius 1 is 0.769 bits per heavy atom. The zero-order valence-electron chi connectivity index (χ0n) is 22.7. The molecule has 2 aliphatic rings. The number of nitrogens with two attached hydrogens (primary N) is 1. The summed E-state index contributed by atoms with van der Waals surface area (Å²) in [5.41, 5.74) is 8.50. The lowest BCUT2D eigenvalue weighted by atomic mass is 10.1. The smallest absolute Gasteiger partial charge is 0.323 e. The minimum atomic E-state index is -0.820. The molecule has 0 bridgehead atoms. The first-order valence-corrected chi connectivity index (χ1v) is 13.0. The maximum atomic E-state index is 6.41. The number of hydrogen-bond donors (Lipinski definition) is 1. The quantitative estimate of drug-likeness (QED) is 0.402. The van der Waals surface area contributed by atoms with Crippen molar-refractivity contribution in [1.82, 2.24) is 9.97 Å². The summed E-state index contributed by atoms with van der Waals surface area (Å²) < 4.78 is 42.0. The van der Waals surface area contributed by atoms with Gasteiger partial charge in [0.25, 0.3) is 0 Å². The van der Waals surface area contributed by atoms with Crippen LogP contribution in [-0.2, 0) is 32.2 Å². The van der Waals surface area contributed by atoms with Crippen LogP contribution in [0.2, 0.25) is 0 Å². The van der Waals surface area contributed by atoms with E-state index in [2.05, 4.69) is 9.97 Å². The average Bonchev–Trinajstić information content (AvgIpc) is 3.44. The SMILES string of the molecule is CC1(C)O[C@H]([C@H]2COC(C)(C)O2)[C@H](COc2nc(OCc3ccccc3)nc(OCc3ccccc3)c2N)O1. The van der Waals surface area contributed by atoms with Crippen LogP contribution < -0.4 is 19.9 Å². The molecule has 0 aliphatic carbocycles. The van der Waals surface area contributed by atoms with Gasteiger partial charge >= 0.3 is 6.01 Å². The third-order valence-corrected chi connectivity index (χ3v) is 6.29. The maximum absolute atomic E-state index is 6.41. The van der Waals surface area contributed by atoms with E-state index < -0.39 is 23.8 Å². The summed E-state index contributed by atoms with van der Waals surface area (Å²) >= 11 is 0. The zero-order valence-corrected chi connectivity index (χ0v) is 22.7. The van der Waals surface area contributed by atoms with Gasteiger partial charge in [0.05, 0.1) is 6.61 Å². The second-order valence-electron chi connectivity index (χ2n) is 10.4. The summed E-state index contributed by atoms with van der Waals surface area (Å²) in [7, 11) is 0. The molecule has 1 aromatic heterocycles. The second-order valence-corrected chi connectivity index (χ2v) is 10.4. The number of benzene rings is 2. The van der Waals surface area contributed by atoms with E-state index in [-0.39, 0.29) is 49.4 Å². The average molecular weight is 538 g/mol. The van der Waals surface area contributed by atoms with Crippen LogP contribution in [0.1, 0.15) is 38.8 Å².